The highest BCUT2D eigenvalue weighted by atomic mass is 32.2. The van der Waals surface area contributed by atoms with Crippen LogP contribution >= 0.6 is 11.8 Å². The van der Waals surface area contributed by atoms with Gasteiger partial charge in [-0.15, -0.1) is 10.2 Å². The lowest BCUT2D eigenvalue weighted by Crippen LogP contribution is -2.34. The number of aromatic nitrogens is 3. The molecule has 1 aromatic carbocycles. The van der Waals surface area contributed by atoms with E-state index in [4.69, 9.17) is 5.26 Å². The molecule has 1 aromatic heterocycles. The Morgan fingerprint density at radius 3 is 2.71 bits per heavy atom. The normalized spacial score (nSPS) is 11.8. The fourth-order valence-electron chi connectivity index (χ4n) is 2.31. The van der Waals surface area contributed by atoms with Gasteiger partial charge in [0.1, 0.15) is 0 Å². The minimum Gasteiger partial charge on any atom is -0.344 e. The maximum absolute atomic E-state index is 12.4. The molecule has 126 valence electrons. The molecule has 0 spiro atoms. The zero-order chi connectivity index (χ0) is 17.5. The number of thioether (sulfide) groups is 1. The fraction of sp³-hybridized carbons (Fsp3) is 0.412. The number of benzene rings is 1. The van der Waals surface area contributed by atoms with E-state index < -0.39 is 0 Å². The molecule has 0 aliphatic rings. The second-order valence-electron chi connectivity index (χ2n) is 5.34. The van der Waals surface area contributed by atoms with E-state index in [1.165, 1.54) is 11.8 Å². The van der Waals surface area contributed by atoms with E-state index in [-0.39, 0.29) is 11.2 Å². The standard InChI is InChI=1S/C17H21N5OS/c1-4-22-15(14-9-6-5-7-10-14)19-20-17(22)24-13(2)16(23)21(3)12-8-11-18/h5-7,9-10,13H,4,8,12H2,1-3H3/t13-/m1/s1. The monoisotopic (exact) mass is 343 g/mol. The van der Waals surface area contributed by atoms with E-state index in [0.29, 0.717) is 13.0 Å². The number of carbonyl (C=O) groups is 1. The van der Waals surface area contributed by atoms with Crippen LogP contribution in [0.15, 0.2) is 35.5 Å². The molecule has 2 rings (SSSR count). The summed E-state index contributed by atoms with van der Waals surface area (Å²) in [7, 11) is 1.72. The molecule has 0 unspecified atom stereocenters. The molecule has 1 atom stereocenters. The Bertz CT molecular complexity index is 722. The highest BCUT2D eigenvalue weighted by Crippen LogP contribution is 2.27. The first kappa shape index (κ1) is 18.0. The Hall–Kier alpha value is -2.33. The van der Waals surface area contributed by atoms with Crippen LogP contribution in [0.5, 0.6) is 0 Å². The van der Waals surface area contributed by atoms with Crippen LogP contribution in [0.1, 0.15) is 20.3 Å². The van der Waals surface area contributed by atoms with Gasteiger partial charge in [-0.25, -0.2) is 0 Å². The van der Waals surface area contributed by atoms with Crippen LogP contribution in [0.25, 0.3) is 11.4 Å². The lowest BCUT2D eigenvalue weighted by Gasteiger charge is -2.19. The van der Waals surface area contributed by atoms with E-state index in [1.807, 2.05) is 48.7 Å². The Morgan fingerprint density at radius 2 is 2.08 bits per heavy atom. The molecule has 24 heavy (non-hydrogen) atoms. The van der Waals surface area contributed by atoms with Crippen molar-refractivity contribution >= 4 is 17.7 Å². The van der Waals surface area contributed by atoms with Crippen LogP contribution in [0, 0.1) is 11.3 Å². The molecular formula is C17H21N5OS. The van der Waals surface area contributed by atoms with Crippen LogP contribution in [0.3, 0.4) is 0 Å². The quantitative estimate of drug-likeness (QED) is 0.723. The van der Waals surface area contributed by atoms with E-state index in [1.54, 1.807) is 11.9 Å². The molecule has 0 aliphatic heterocycles. The summed E-state index contributed by atoms with van der Waals surface area (Å²) in [5.74, 6) is 0.792. The average molecular weight is 343 g/mol. The molecule has 0 N–H and O–H groups in total. The summed E-state index contributed by atoms with van der Waals surface area (Å²) in [5.41, 5.74) is 1.00. The number of hydrogen-bond acceptors (Lipinski definition) is 5. The molecule has 0 radical (unpaired) electrons. The molecular weight excluding hydrogens is 322 g/mol. The van der Waals surface area contributed by atoms with Crippen molar-refractivity contribution in [2.45, 2.75) is 37.2 Å². The molecule has 7 heteroatoms. The van der Waals surface area contributed by atoms with Crippen molar-refractivity contribution in [1.82, 2.24) is 19.7 Å². The smallest absolute Gasteiger partial charge is 0.235 e. The molecule has 6 nitrogen and oxygen atoms in total. The Labute approximate surface area is 146 Å². The van der Waals surface area contributed by atoms with Gasteiger partial charge in [0.25, 0.3) is 0 Å². The molecule has 0 bridgehead atoms. The van der Waals surface area contributed by atoms with Crippen molar-refractivity contribution in [3.05, 3.63) is 30.3 Å². The van der Waals surface area contributed by atoms with Gasteiger partial charge in [0.15, 0.2) is 11.0 Å². The summed E-state index contributed by atoms with van der Waals surface area (Å²) in [6.07, 6.45) is 0.336. The third kappa shape index (κ3) is 4.15. The van der Waals surface area contributed by atoms with Crippen molar-refractivity contribution in [2.75, 3.05) is 13.6 Å². The number of amides is 1. The van der Waals surface area contributed by atoms with Crippen molar-refractivity contribution < 1.29 is 4.79 Å². The first-order valence-corrected chi connectivity index (χ1v) is 8.73. The first-order chi connectivity index (χ1) is 11.6. The number of carbonyl (C=O) groups excluding carboxylic acids is 1. The topological polar surface area (TPSA) is 74.8 Å². The second-order valence-corrected chi connectivity index (χ2v) is 6.65. The molecule has 0 saturated carbocycles. The SMILES string of the molecule is CCn1c(S[C@H](C)C(=O)N(C)CCC#N)nnc1-c1ccccc1. The summed E-state index contributed by atoms with van der Waals surface area (Å²) in [6.45, 7) is 5.05. The van der Waals surface area contributed by atoms with Crippen molar-refractivity contribution in [3.8, 4) is 17.5 Å². The highest BCUT2D eigenvalue weighted by molar-refractivity contribution is 8.00. The minimum absolute atomic E-state index is 0.0119. The minimum atomic E-state index is -0.285. The molecule has 0 saturated heterocycles. The van der Waals surface area contributed by atoms with Crippen LogP contribution in [0.2, 0.25) is 0 Å². The van der Waals surface area contributed by atoms with Crippen molar-refractivity contribution in [2.24, 2.45) is 0 Å². The maximum atomic E-state index is 12.4. The van der Waals surface area contributed by atoms with Gasteiger partial charge in [-0.2, -0.15) is 5.26 Å². The molecule has 1 heterocycles. The summed E-state index contributed by atoms with van der Waals surface area (Å²) in [5, 5.41) is 17.6. The Morgan fingerprint density at radius 1 is 1.38 bits per heavy atom. The largest absolute Gasteiger partial charge is 0.344 e. The third-order valence-corrected chi connectivity index (χ3v) is 4.70. The van der Waals surface area contributed by atoms with Gasteiger partial charge in [0.05, 0.1) is 17.7 Å². The molecule has 0 aliphatic carbocycles. The lowest BCUT2D eigenvalue weighted by molar-refractivity contribution is -0.128. The van der Waals surface area contributed by atoms with Gasteiger partial charge in [0.2, 0.25) is 5.91 Å². The third-order valence-electron chi connectivity index (χ3n) is 3.63. The van der Waals surface area contributed by atoms with E-state index in [0.717, 1.165) is 23.1 Å². The maximum Gasteiger partial charge on any atom is 0.235 e. The summed E-state index contributed by atoms with van der Waals surface area (Å²) < 4.78 is 2.01. The Kier molecular flexibility index (Phi) is 6.38. The van der Waals surface area contributed by atoms with Crippen LogP contribution in [-0.4, -0.2) is 44.4 Å². The van der Waals surface area contributed by atoms with E-state index in [9.17, 15) is 4.79 Å². The van der Waals surface area contributed by atoms with Crippen molar-refractivity contribution in [3.63, 3.8) is 0 Å². The summed E-state index contributed by atoms with van der Waals surface area (Å²) in [4.78, 5) is 14.0. The van der Waals surface area contributed by atoms with Gasteiger partial charge in [-0.3, -0.25) is 4.79 Å². The fourth-order valence-corrected chi connectivity index (χ4v) is 3.34. The zero-order valence-electron chi connectivity index (χ0n) is 14.1. The van der Waals surface area contributed by atoms with E-state index >= 15 is 0 Å². The lowest BCUT2D eigenvalue weighted by atomic mass is 10.2. The number of hydrogen-bond donors (Lipinski definition) is 0. The highest BCUT2D eigenvalue weighted by Gasteiger charge is 2.22. The van der Waals surface area contributed by atoms with Crippen LogP contribution in [-0.2, 0) is 11.3 Å². The van der Waals surface area contributed by atoms with Gasteiger partial charge in [0, 0.05) is 25.7 Å². The number of nitriles is 1. The summed E-state index contributed by atoms with van der Waals surface area (Å²) in [6, 6.07) is 11.9. The number of rotatable bonds is 7. The van der Waals surface area contributed by atoms with Crippen LogP contribution in [0.4, 0.5) is 0 Å². The van der Waals surface area contributed by atoms with Gasteiger partial charge >= 0.3 is 0 Å². The van der Waals surface area contributed by atoms with Crippen molar-refractivity contribution in [1.29, 1.82) is 5.26 Å². The molecule has 0 fully saturated rings. The second kappa shape index (κ2) is 8.50. The molecule has 1 amide bonds. The van der Waals surface area contributed by atoms with E-state index in [2.05, 4.69) is 16.3 Å². The summed E-state index contributed by atoms with van der Waals surface area (Å²) >= 11 is 1.40. The van der Waals surface area contributed by atoms with Gasteiger partial charge in [-0.1, -0.05) is 42.1 Å². The zero-order valence-corrected chi connectivity index (χ0v) is 15.0. The predicted octanol–water partition coefficient (Wildman–Crippen LogP) is 2.82. The van der Waals surface area contributed by atoms with Crippen LogP contribution < -0.4 is 0 Å². The predicted molar refractivity (Wildman–Crippen MR) is 94.3 cm³/mol. The molecule has 2 aromatic rings. The van der Waals surface area contributed by atoms with Gasteiger partial charge < -0.3 is 9.47 Å². The first-order valence-electron chi connectivity index (χ1n) is 7.85. The number of nitrogens with zero attached hydrogens (tertiary/aromatic N) is 5. The average Bonchev–Trinajstić information content (AvgIpc) is 3.02. The Balaban J connectivity index is 2.14. The van der Waals surface area contributed by atoms with Gasteiger partial charge in [-0.05, 0) is 13.8 Å².